The van der Waals surface area contributed by atoms with Crippen molar-refractivity contribution in [2.45, 2.75) is 26.2 Å². The van der Waals surface area contributed by atoms with Gasteiger partial charge in [0.1, 0.15) is 10.4 Å². The molecule has 80 valence electrons. The molecule has 4 heteroatoms. The number of terminal acetylenes is 1. The summed E-state index contributed by atoms with van der Waals surface area (Å²) in [6.45, 7) is 6.34. The molecule has 0 aliphatic carbocycles. The van der Waals surface area contributed by atoms with E-state index in [-0.39, 0.29) is 12.0 Å². The quantitative estimate of drug-likeness (QED) is 0.611. The van der Waals surface area contributed by atoms with Crippen LogP contribution in [-0.4, -0.2) is 16.6 Å². The van der Waals surface area contributed by atoms with Gasteiger partial charge in [0.25, 0.3) is 0 Å². The van der Waals surface area contributed by atoms with E-state index in [0.717, 1.165) is 5.82 Å². The Balaban J connectivity index is 3.01. The van der Waals surface area contributed by atoms with Crippen LogP contribution in [-0.2, 0) is 5.41 Å². The van der Waals surface area contributed by atoms with Gasteiger partial charge in [-0.2, -0.15) is 4.98 Å². The molecule has 0 bridgehead atoms. The first-order chi connectivity index (χ1) is 6.93. The molecule has 0 aromatic carbocycles. The summed E-state index contributed by atoms with van der Waals surface area (Å²) in [5, 5.41) is 0. The maximum Gasteiger partial charge on any atom is 0.218 e. The van der Waals surface area contributed by atoms with Crippen LogP contribution in [0, 0.1) is 12.3 Å². The van der Waals surface area contributed by atoms with E-state index in [9.17, 15) is 0 Å². The molecule has 0 N–H and O–H groups in total. The molecule has 0 atom stereocenters. The summed E-state index contributed by atoms with van der Waals surface area (Å²) in [5.41, 5.74) is -0.113. The molecule has 0 aliphatic heterocycles. The van der Waals surface area contributed by atoms with Crippen molar-refractivity contribution < 1.29 is 4.74 Å². The molecule has 0 amide bonds. The van der Waals surface area contributed by atoms with Crippen molar-refractivity contribution in [3.8, 4) is 18.2 Å². The Bertz CT molecular complexity index is 391. The van der Waals surface area contributed by atoms with Gasteiger partial charge in [-0.15, -0.1) is 6.42 Å². The molecule has 0 unspecified atom stereocenters. The highest BCUT2D eigenvalue weighted by atomic mass is 79.9. The molecule has 0 spiro atoms. The van der Waals surface area contributed by atoms with Crippen molar-refractivity contribution >= 4 is 15.9 Å². The predicted molar refractivity (Wildman–Crippen MR) is 62.8 cm³/mol. The Morgan fingerprint density at radius 2 is 2.13 bits per heavy atom. The molecular formula is C11H13BrN2O. The lowest BCUT2D eigenvalue weighted by Gasteiger charge is -2.17. The number of halogens is 1. The summed E-state index contributed by atoms with van der Waals surface area (Å²) in [6, 6.07) is 1.70. The zero-order valence-corrected chi connectivity index (χ0v) is 10.6. The molecule has 1 rings (SSSR count). The number of rotatable bonds is 2. The Morgan fingerprint density at radius 1 is 1.47 bits per heavy atom. The molecule has 0 fully saturated rings. The van der Waals surface area contributed by atoms with Crippen LogP contribution in [0.4, 0.5) is 0 Å². The molecule has 0 radical (unpaired) electrons. The van der Waals surface area contributed by atoms with Crippen molar-refractivity contribution in [1.29, 1.82) is 0 Å². The van der Waals surface area contributed by atoms with Crippen LogP contribution < -0.4 is 4.74 Å². The average molecular weight is 269 g/mol. The largest absolute Gasteiger partial charge is 0.464 e. The normalized spacial score (nSPS) is 10.9. The molecule has 0 saturated heterocycles. The Labute approximate surface area is 98.4 Å². The summed E-state index contributed by atoms with van der Waals surface area (Å²) in [7, 11) is 0. The Kier molecular flexibility index (Phi) is 3.70. The van der Waals surface area contributed by atoms with Crippen LogP contribution in [0.3, 0.4) is 0 Å². The van der Waals surface area contributed by atoms with E-state index in [1.807, 2.05) is 20.8 Å². The highest BCUT2D eigenvalue weighted by Crippen LogP contribution is 2.23. The van der Waals surface area contributed by atoms with Crippen LogP contribution >= 0.6 is 15.9 Å². The van der Waals surface area contributed by atoms with E-state index in [1.165, 1.54) is 0 Å². The SMILES string of the molecule is C#CCOc1cc(Br)nc(C(C)(C)C)n1. The summed E-state index contributed by atoms with van der Waals surface area (Å²) in [6.07, 6.45) is 5.11. The van der Waals surface area contributed by atoms with Crippen molar-refractivity contribution in [1.82, 2.24) is 9.97 Å². The second-order valence-corrected chi connectivity index (χ2v) is 4.91. The van der Waals surface area contributed by atoms with Gasteiger partial charge in [0.2, 0.25) is 5.88 Å². The van der Waals surface area contributed by atoms with Gasteiger partial charge in [0.15, 0.2) is 6.61 Å². The summed E-state index contributed by atoms with van der Waals surface area (Å²) < 4.78 is 5.96. The fraction of sp³-hybridized carbons (Fsp3) is 0.455. The minimum absolute atomic E-state index is 0.113. The molecule has 0 saturated carbocycles. The standard InChI is InChI=1S/C11H13BrN2O/c1-5-6-15-9-7-8(12)13-10(14-9)11(2,3)4/h1,7H,6H2,2-4H3. The second-order valence-electron chi connectivity index (χ2n) is 4.10. The van der Waals surface area contributed by atoms with E-state index in [0.29, 0.717) is 10.5 Å². The van der Waals surface area contributed by atoms with Crippen LogP contribution in [0.15, 0.2) is 10.7 Å². The van der Waals surface area contributed by atoms with Gasteiger partial charge in [-0.25, -0.2) is 4.98 Å². The maximum atomic E-state index is 5.25. The van der Waals surface area contributed by atoms with Crippen molar-refractivity contribution in [3.05, 3.63) is 16.5 Å². The average Bonchev–Trinajstić information content (AvgIpc) is 2.12. The molecule has 1 aromatic heterocycles. The fourth-order valence-electron chi connectivity index (χ4n) is 0.922. The van der Waals surface area contributed by atoms with E-state index >= 15 is 0 Å². The van der Waals surface area contributed by atoms with E-state index < -0.39 is 0 Å². The van der Waals surface area contributed by atoms with Gasteiger partial charge >= 0.3 is 0 Å². The lowest BCUT2D eigenvalue weighted by atomic mass is 9.96. The molecule has 1 heterocycles. The highest BCUT2D eigenvalue weighted by molar-refractivity contribution is 9.10. The van der Waals surface area contributed by atoms with Crippen molar-refractivity contribution in [2.75, 3.05) is 6.61 Å². The third-order valence-corrected chi connectivity index (χ3v) is 2.05. The van der Waals surface area contributed by atoms with E-state index in [1.54, 1.807) is 6.07 Å². The first-order valence-electron chi connectivity index (χ1n) is 4.55. The Hall–Kier alpha value is -1.08. The van der Waals surface area contributed by atoms with Gasteiger partial charge in [-0.3, -0.25) is 0 Å². The van der Waals surface area contributed by atoms with Crippen LogP contribution in [0.1, 0.15) is 26.6 Å². The summed E-state index contributed by atoms with van der Waals surface area (Å²) >= 11 is 3.31. The van der Waals surface area contributed by atoms with Gasteiger partial charge < -0.3 is 4.74 Å². The minimum Gasteiger partial charge on any atom is -0.464 e. The molecule has 1 aromatic rings. The first kappa shape index (κ1) is 12.0. The van der Waals surface area contributed by atoms with Gasteiger partial charge in [0, 0.05) is 11.5 Å². The predicted octanol–water partition coefficient (Wildman–Crippen LogP) is 2.55. The van der Waals surface area contributed by atoms with Crippen molar-refractivity contribution in [3.63, 3.8) is 0 Å². The third kappa shape index (κ3) is 3.52. The van der Waals surface area contributed by atoms with E-state index in [2.05, 4.69) is 31.8 Å². The van der Waals surface area contributed by atoms with E-state index in [4.69, 9.17) is 11.2 Å². The van der Waals surface area contributed by atoms with Crippen LogP contribution in [0.2, 0.25) is 0 Å². The molecule has 15 heavy (non-hydrogen) atoms. The fourth-order valence-corrected chi connectivity index (χ4v) is 1.29. The van der Waals surface area contributed by atoms with Gasteiger partial charge in [-0.05, 0) is 15.9 Å². The number of aromatic nitrogens is 2. The Morgan fingerprint density at radius 3 is 2.67 bits per heavy atom. The second kappa shape index (κ2) is 4.63. The molecule has 3 nitrogen and oxygen atoms in total. The number of ether oxygens (including phenoxy) is 1. The smallest absolute Gasteiger partial charge is 0.218 e. The number of nitrogens with zero attached hydrogens (tertiary/aromatic N) is 2. The summed E-state index contributed by atoms with van der Waals surface area (Å²) in [4.78, 5) is 8.57. The maximum absolute atomic E-state index is 5.25. The topological polar surface area (TPSA) is 35.0 Å². The highest BCUT2D eigenvalue weighted by Gasteiger charge is 2.18. The first-order valence-corrected chi connectivity index (χ1v) is 5.34. The van der Waals surface area contributed by atoms with Gasteiger partial charge in [0.05, 0.1) is 0 Å². The van der Waals surface area contributed by atoms with Crippen molar-refractivity contribution in [2.24, 2.45) is 0 Å². The number of hydrogen-bond acceptors (Lipinski definition) is 3. The summed E-state index contributed by atoms with van der Waals surface area (Å²) in [5.74, 6) is 3.62. The number of hydrogen-bond donors (Lipinski definition) is 0. The minimum atomic E-state index is -0.113. The lowest BCUT2D eigenvalue weighted by molar-refractivity contribution is 0.348. The van der Waals surface area contributed by atoms with Crippen LogP contribution in [0.5, 0.6) is 5.88 Å². The monoisotopic (exact) mass is 268 g/mol. The third-order valence-electron chi connectivity index (χ3n) is 1.65. The lowest BCUT2D eigenvalue weighted by Crippen LogP contribution is -2.16. The van der Waals surface area contributed by atoms with Crippen LogP contribution in [0.25, 0.3) is 0 Å². The molecule has 0 aliphatic rings. The zero-order valence-electron chi connectivity index (χ0n) is 9.04. The molecular weight excluding hydrogens is 256 g/mol. The van der Waals surface area contributed by atoms with Gasteiger partial charge in [-0.1, -0.05) is 26.7 Å². The zero-order chi connectivity index (χ0) is 11.5.